The third-order valence-electron chi connectivity index (χ3n) is 10.9. The number of nitrogens with zero attached hydrogens (tertiary/aromatic N) is 1. The Morgan fingerprint density at radius 3 is 2.79 bits per heavy atom. The summed E-state index contributed by atoms with van der Waals surface area (Å²) in [5, 5.41) is 26.0. The van der Waals surface area contributed by atoms with Gasteiger partial charge >= 0.3 is 6.09 Å². The lowest BCUT2D eigenvalue weighted by Crippen LogP contribution is -2.61. The van der Waals surface area contributed by atoms with Crippen molar-refractivity contribution in [3.8, 4) is 0 Å². The molecular formula is C31H38N2O6. The summed E-state index contributed by atoms with van der Waals surface area (Å²) in [6, 6.07) is 5.69. The molecule has 5 aliphatic rings. The topological polar surface area (TPSA) is 116 Å². The van der Waals surface area contributed by atoms with E-state index in [1.807, 2.05) is 38.2 Å². The Labute approximate surface area is 229 Å². The predicted octanol–water partition coefficient (Wildman–Crippen LogP) is 3.81. The van der Waals surface area contributed by atoms with Gasteiger partial charge in [0.25, 0.3) is 0 Å². The molecule has 6 rings (SSSR count). The third kappa shape index (κ3) is 3.90. The van der Waals surface area contributed by atoms with Gasteiger partial charge in [0.1, 0.15) is 5.60 Å². The van der Waals surface area contributed by atoms with Crippen LogP contribution >= 0.6 is 0 Å². The number of hydrogen-bond acceptors (Lipinski definition) is 7. The second-order valence-electron chi connectivity index (χ2n) is 12.8. The van der Waals surface area contributed by atoms with Crippen molar-refractivity contribution in [2.75, 3.05) is 30.4 Å². The molecule has 3 fully saturated rings. The van der Waals surface area contributed by atoms with Gasteiger partial charge in [0.05, 0.1) is 6.10 Å². The van der Waals surface area contributed by atoms with E-state index in [1.165, 1.54) is 5.56 Å². The van der Waals surface area contributed by atoms with Crippen LogP contribution in [0.2, 0.25) is 0 Å². The number of likely N-dealkylation sites (N-methyl/N-ethyl adjacent to an activating group) is 1. The molecule has 0 spiro atoms. The lowest BCUT2D eigenvalue weighted by molar-refractivity contribution is -0.178. The molecule has 0 aromatic heterocycles. The van der Waals surface area contributed by atoms with Crippen LogP contribution < -0.4 is 10.2 Å². The van der Waals surface area contributed by atoms with Crippen molar-refractivity contribution in [1.82, 2.24) is 0 Å². The monoisotopic (exact) mass is 534 g/mol. The minimum atomic E-state index is -1.68. The number of aliphatic hydroxyl groups excluding tert-OH is 1. The van der Waals surface area contributed by atoms with Crippen LogP contribution in [-0.2, 0) is 20.7 Å². The summed E-state index contributed by atoms with van der Waals surface area (Å²) in [5.74, 6) is -0.452. The Kier molecular flexibility index (Phi) is 6.08. The molecule has 8 nitrogen and oxygen atoms in total. The highest BCUT2D eigenvalue weighted by Crippen LogP contribution is 2.67. The van der Waals surface area contributed by atoms with Crippen molar-refractivity contribution >= 4 is 29.0 Å². The van der Waals surface area contributed by atoms with E-state index in [2.05, 4.69) is 17.1 Å². The molecule has 1 amide bonds. The number of rotatable bonds is 4. The number of hydrogen-bond donors (Lipinski definition) is 3. The number of anilines is 2. The SMILES string of the molecule is CN1CCc2ccc(NC(=O)OCC(=O)[C@@]3(O)CCC4C5CCC6=CC(=O)C=CC6(C)C5[C@@H](O)CC43C)cc21. The Balaban J connectivity index is 1.15. The number of amides is 1. The molecule has 208 valence electrons. The van der Waals surface area contributed by atoms with Crippen molar-refractivity contribution in [3.63, 3.8) is 0 Å². The van der Waals surface area contributed by atoms with Crippen LogP contribution in [0, 0.1) is 28.6 Å². The molecule has 1 aliphatic heterocycles. The minimum Gasteiger partial charge on any atom is -0.441 e. The van der Waals surface area contributed by atoms with Gasteiger partial charge in [-0.3, -0.25) is 14.9 Å². The highest BCUT2D eigenvalue weighted by atomic mass is 16.6. The van der Waals surface area contributed by atoms with Crippen molar-refractivity contribution < 1.29 is 29.3 Å². The summed E-state index contributed by atoms with van der Waals surface area (Å²) in [7, 11) is 2.00. The number of benzene rings is 1. The van der Waals surface area contributed by atoms with E-state index < -0.39 is 41.0 Å². The van der Waals surface area contributed by atoms with Gasteiger partial charge in [0.15, 0.2) is 12.4 Å². The fourth-order valence-corrected chi connectivity index (χ4v) is 8.81. The molecule has 3 N–H and O–H groups in total. The number of Topliss-reactive ketones (excluding diaryl/α,β-unsaturated/α-hetero) is 1. The number of ether oxygens (including phenoxy) is 1. The standard InChI is InChI=1S/C31H38N2O6/c1-29-11-8-21(34)14-19(29)5-7-22-23-9-12-31(38,30(23,2)16-25(35)27(22)29)26(36)17-39-28(37)32-20-6-4-18-10-13-33(3)24(18)15-20/h4,6,8,11,14-15,22-23,25,27,35,38H,5,7,9-10,12-13,16-17H2,1-3H3,(H,32,37)/t22?,23?,25-,27?,29?,30?,31-/m0/s1. The van der Waals surface area contributed by atoms with Crippen molar-refractivity contribution in [2.24, 2.45) is 28.6 Å². The van der Waals surface area contributed by atoms with Crippen LogP contribution in [0.1, 0.15) is 51.5 Å². The van der Waals surface area contributed by atoms with Crippen molar-refractivity contribution in [1.29, 1.82) is 0 Å². The number of aliphatic hydroxyl groups is 2. The molecular weight excluding hydrogens is 496 g/mol. The Morgan fingerprint density at radius 2 is 2.00 bits per heavy atom. The number of nitrogens with one attached hydrogen (secondary N) is 1. The van der Waals surface area contributed by atoms with E-state index in [-0.39, 0.29) is 36.4 Å². The molecule has 1 aromatic carbocycles. The Bertz CT molecular complexity index is 1300. The quantitative estimate of drug-likeness (QED) is 0.538. The summed E-state index contributed by atoms with van der Waals surface area (Å²) in [4.78, 5) is 40.2. The third-order valence-corrected chi connectivity index (χ3v) is 10.9. The minimum absolute atomic E-state index is 0.00977. The van der Waals surface area contributed by atoms with Gasteiger partial charge < -0.3 is 19.8 Å². The summed E-state index contributed by atoms with van der Waals surface area (Å²) < 4.78 is 5.30. The van der Waals surface area contributed by atoms with E-state index in [4.69, 9.17) is 4.74 Å². The second-order valence-corrected chi connectivity index (χ2v) is 12.8. The largest absolute Gasteiger partial charge is 0.441 e. The normalized spacial score (nSPS) is 38.3. The lowest BCUT2D eigenvalue weighted by atomic mass is 9.46. The summed E-state index contributed by atoms with van der Waals surface area (Å²) in [6.07, 6.45) is 7.55. The summed E-state index contributed by atoms with van der Waals surface area (Å²) >= 11 is 0. The Morgan fingerprint density at radius 1 is 1.21 bits per heavy atom. The number of carbonyl (C=O) groups excluding carboxylic acids is 3. The number of fused-ring (bicyclic) bond motifs is 6. The van der Waals surface area contributed by atoms with E-state index in [9.17, 15) is 24.6 Å². The van der Waals surface area contributed by atoms with Crippen molar-refractivity contribution in [2.45, 2.75) is 64.1 Å². The first-order valence-corrected chi connectivity index (χ1v) is 14.1. The molecule has 7 atom stereocenters. The summed E-state index contributed by atoms with van der Waals surface area (Å²) in [5.41, 5.74) is 1.02. The molecule has 0 bridgehead atoms. The summed E-state index contributed by atoms with van der Waals surface area (Å²) in [6.45, 7) is 4.41. The average Bonchev–Trinajstić information content (AvgIpc) is 3.39. The van der Waals surface area contributed by atoms with E-state index in [1.54, 1.807) is 12.2 Å². The molecule has 5 unspecified atom stereocenters. The van der Waals surface area contributed by atoms with E-state index in [0.29, 0.717) is 12.1 Å². The average molecular weight is 535 g/mol. The first kappa shape index (κ1) is 26.3. The smallest absolute Gasteiger partial charge is 0.412 e. The Hall–Kier alpha value is -2.97. The van der Waals surface area contributed by atoms with Gasteiger partial charge in [-0.15, -0.1) is 0 Å². The number of allylic oxidation sites excluding steroid dienone is 4. The van der Waals surface area contributed by atoms with Crippen LogP contribution in [0.3, 0.4) is 0 Å². The molecule has 39 heavy (non-hydrogen) atoms. The van der Waals surface area contributed by atoms with Gasteiger partial charge in [0, 0.05) is 41.7 Å². The molecule has 1 heterocycles. The second kappa shape index (κ2) is 9.03. The van der Waals surface area contributed by atoms with Gasteiger partial charge in [-0.25, -0.2) is 4.79 Å². The van der Waals surface area contributed by atoms with Gasteiger partial charge in [-0.2, -0.15) is 0 Å². The first-order chi connectivity index (χ1) is 18.5. The molecule has 8 heteroatoms. The van der Waals surface area contributed by atoms with Crippen LogP contribution in [0.15, 0.2) is 42.0 Å². The van der Waals surface area contributed by atoms with Crippen LogP contribution in [0.25, 0.3) is 0 Å². The predicted molar refractivity (Wildman–Crippen MR) is 146 cm³/mol. The first-order valence-electron chi connectivity index (χ1n) is 14.1. The molecule has 3 saturated carbocycles. The van der Waals surface area contributed by atoms with Gasteiger partial charge in [-0.05, 0) is 80.2 Å². The molecule has 0 saturated heterocycles. The maximum absolute atomic E-state index is 13.5. The maximum atomic E-state index is 13.5. The highest BCUT2D eigenvalue weighted by molar-refractivity contribution is 6.01. The fourth-order valence-electron chi connectivity index (χ4n) is 8.81. The lowest BCUT2D eigenvalue weighted by Gasteiger charge is -2.59. The number of ketones is 2. The molecule has 4 aliphatic carbocycles. The zero-order valence-corrected chi connectivity index (χ0v) is 22.9. The van der Waals surface area contributed by atoms with E-state index in [0.717, 1.165) is 37.1 Å². The maximum Gasteiger partial charge on any atom is 0.412 e. The fraction of sp³-hybridized carbons (Fsp3) is 0.581. The zero-order chi connectivity index (χ0) is 27.7. The zero-order valence-electron chi connectivity index (χ0n) is 22.9. The molecule has 0 radical (unpaired) electrons. The highest BCUT2D eigenvalue weighted by Gasteiger charge is 2.68. The number of carbonyl (C=O) groups is 3. The van der Waals surface area contributed by atoms with E-state index >= 15 is 0 Å². The molecule has 1 aromatic rings. The van der Waals surface area contributed by atoms with Crippen molar-refractivity contribution in [3.05, 3.63) is 47.6 Å². The van der Waals surface area contributed by atoms with Crippen LogP contribution in [0.4, 0.5) is 16.2 Å². The van der Waals surface area contributed by atoms with Gasteiger partial charge in [0.2, 0.25) is 5.78 Å². The van der Waals surface area contributed by atoms with Gasteiger partial charge in [-0.1, -0.05) is 31.6 Å². The van der Waals surface area contributed by atoms with Crippen LogP contribution in [-0.4, -0.2) is 59.8 Å². The van der Waals surface area contributed by atoms with Crippen LogP contribution in [0.5, 0.6) is 0 Å².